The molecule has 1 fully saturated rings. The number of rotatable bonds is 8. The van der Waals surface area contributed by atoms with Crippen molar-refractivity contribution in [1.29, 1.82) is 0 Å². The van der Waals surface area contributed by atoms with E-state index in [1.54, 1.807) is 12.1 Å². The normalized spacial score (nSPS) is 14.6. The lowest BCUT2D eigenvalue weighted by Gasteiger charge is -2.26. The number of nitrogen functional groups attached to an aromatic ring is 1. The van der Waals surface area contributed by atoms with Crippen LogP contribution in [0.4, 0.5) is 5.82 Å². The highest BCUT2D eigenvalue weighted by Crippen LogP contribution is 2.18. The fourth-order valence-corrected chi connectivity index (χ4v) is 4.83. The fraction of sp³-hybridized carbons (Fsp3) is 0.429. The van der Waals surface area contributed by atoms with Crippen LogP contribution < -0.4 is 17.0 Å². The molecular formula is C21H26N4O8S. The maximum Gasteiger partial charge on any atom is 0.332 e. The number of nitrogens with two attached hydrogens (primary N) is 1. The first-order valence-corrected chi connectivity index (χ1v) is 11.9. The predicted octanol–water partition coefficient (Wildman–Crippen LogP) is -0.954. The summed E-state index contributed by atoms with van der Waals surface area (Å²) in [6.07, 6.45) is 0.193. The average molecular weight is 495 g/mol. The number of nitrogens with zero attached hydrogens (tertiary/aromatic N) is 3. The average Bonchev–Trinajstić information content (AvgIpc) is 2.84. The van der Waals surface area contributed by atoms with Gasteiger partial charge in [-0.2, -0.15) is 4.31 Å². The smallest absolute Gasteiger partial charge is 0.332 e. The van der Waals surface area contributed by atoms with E-state index in [1.807, 2.05) is 0 Å². The number of benzene rings is 1. The first-order chi connectivity index (χ1) is 16.0. The molecule has 0 saturated carbocycles. The first kappa shape index (κ1) is 25.3. The summed E-state index contributed by atoms with van der Waals surface area (Å²) in [5.41, 5.74) is 4.46. The Bertz CT molecular complexity index is 1310. The second-order valence-electron chi connectivity index (χ2n) is 7.71. The van der Waals surface area contributed by atoms with Gasteiger partial charge in [-0.05, 0) is 24.1 Å². The summed E-state index contributed by atoms with van der Waals surface area (Å²) in [4.78, 5) is 48.7. The molecule has 1 aromatic heterocycles. The minimum absolute atomic E-state index is 0.0659. The first-order valence-electron chi connectivity index (χ1n) is 10.4. The van der Waals surface area contributed by atoms with E-state index in [4.69, 9.17) is 15.2 Å². The van der Waals surface area contributed by atoms with E-state index in [-0.39, 0.29) is 23.6 Å². The zero-order valence-corrected chi connectivity index (χ0v) is 19.7. The van der Waals surface area contributed by atoms with Gasteiger partial charge in [0.1, 0.15) is 11.4 Å². The summed E-state index contributed by atoms with van der Waals surface area (Å²) in [6.45, 7) is 0.599. The van der Waals surface area contributed by atoms with Gasteiger partial charge in [0.05, 0.1) is 18.1 Å². The number of morpholine rings is 1. The quantitative estimate of drug-likeness (QED) is 0.360. The highest BCUT2D eigenvalue weighted by atomic mass is 32.2. The monoisotopic (exact) mass is 494 g/mol. The summed E-state index contributed by atoms with van der Waals surface area (Å²) in [5, 5.41) is 0. The van der Waals surface area contributed by atoms with Gasteiger partial charge in [0.25, 0.3) is 5.56 Å². The molecule has 0 unspecified atom stereocenters. The van der Waals surface area contributed by atoms with Crippen LogP contribution in [0.25, 0.3) is 0 Å². The molecule has 0 aliphatic carbocycles. The van der Waals surface area contributed by atoms with Gasteiger partial charge < -0.3 is 15.2 Å². The molecule has 1 aliphatic rings. The minimum atomic E-state index is -3.61. The van der Waals surface area contributed by atoms with Crippen LogP contribution in [0.2, 0.25) is 0 Å². The lowest BCUT2D eigenvalue weighted by molar-refractivity contribution is -0.142. The number of sulfonamides is 1. The number of Topliss-reactive ketones (excluding diaryl/α,β-unsaturated/α-hetero) is 1. The molecule has 2 heterocycles. The summed E-state index contributed by atoms with van der Waals surface area (Å²) >= 11 is 0. The number of ketones is 1. The zero-order chi connectivity index (χ0) is 25.0. The molecule has 0 bridgehead atoms. The van der Waals surface area contributed by atoms with Crippen LogP contribution in [-0.4, -0.2) is 66.5 Å². The van der Waals surface area contributed by atoms with Crippen molar-refractivity contribution in [2.75, 3.05) is 38.6 Å². The van der Waals surface area contributed by atoms with Crippen LogP contribution in [0, 0.1) is 0 Å². The number of hydrogen-bond acceptors (Lipinski definition) is 9. The number of ether oxygens (including phenoxy) is 2. The molecule has 2 aromatic rings. The van der Waals surface area contributed by atoms with Gasteiger partial charge in [0, 0.05) is 33.6 Å². The van der Waals surface area contributed by atoms with Crippen LogP contribution in [0.3, 0.4) is 0 Å². The molecule has 13 heteroatoms. The highest BCUT2D eigenvalue weighted by Gasteiger charge is 2.26. The lowest BCUT2D eigenvalue weighted by atomic mass is 10.1. The van der Waals surface area contributed by atoms with Gasteiger partial charge in [-0.3, -0.25) is 23.5 Å². The van der Waals surface area contributed by atoms with Crippen molar-refractivity contribution in [2.24, 2.45) is 14.1 Å². The van der Waals surface area contributed by atoms with Gasteiger partial charge in [-0.1, -0.05) is 12.1 Å². The van der Waals surface area contributed by atoms with E-state index in [0.29, 0.717) is 31.9 Å². The Kier molecular flexibility index (Phi) is 7.69. The molecule has 0 atom stereocenters. The summed E-state index contributed by atoms with van der Waals surface area (Å²) < 4.78 is 38.5. The Balaban J connectivity index is 1.56. The number of carbonyl (C=O) groups is 2. The predicted molar refractivity (Wildman–Crippen MR) is 121 cm³/mol. The number of hydrogen-bond donors (Lipinski definition) is 1. The van der Waals surface area contributed by atoms with E-state index in [1.165, 1.54) is 30.5 Å². The Morgan fingerprint density at radius 3 is 2.29 bits per heavy atom. The number of aromatic nitrogens is 2. The molecule has 3 rings (SSSR count). The molecule has 1 aromatic carbocycles. The highest BCUT2D eigenvalue weighted by molar-refractivity contribution is 7.89. The van der Waals surface area contributed by atoms with Gasteiger partial charge in [-0.25, -0.2) is 13.2 Å². The standard InChI is InChI=1S/C21H26N4O8S/c1-23-19(22)18(20(28)24(2)21(23)29)16(26)13-33-17(27)8-5-14-3-6-15(7-4-14)34(30,31)25-9-11-32-12-10-25/h3-4,6-7H,5,8-13,22H2,1-2H3. The summed E-state index contributed by atoms with van der Waals surface area (Å²) in [6, 6.07) is 6.18. The minimum Gasteiger partial charge on any atom is -0.457 e. The van der Waals surface area contributed by atoms with Gasteiger partial charge in [0.15, 0.2) is 6.61 Å². The maximum absolute atomic E-state index is 12.7. The maximum atomic E-state index is 12.7. The molecule has 1 saturated heterocycles. The number of esters is 1. The molecule has 0 amide bonds. The molecule has 0 radical (unpaired) electrons. The Labute approximate surface area is 195 Å². The van der Waals surface area contributed by atoms with Crippen LogP contribution in [-0.2, 0) is 44.8 Å². The second-order valence-corrected chi connectivity index (χ2v) is 9.65. The molecule has 12 nitrogen and oxygen atoms in total. The molecule has 1 aliphatic heterocycles. The van der Waals surface area contributed by atoms with Crippen LogP contribution in [0.5, 0.6) is 0 Å². The van der Waals surface area contributed by atoms with Crippen LogP contribution >= 0.6 is 0 Å². The van der Waals surface area contributed by atoms with E-state index in [2.05, 4.69) is 0 Å². The summed E-state index contributed by atoms with van der Waals surface area (Å²) in [5.74, 6) is -1.81. The Morgan fingerprint density at radius 1 is 1.06 bits per heavy atom. The largest absolute Gasteiger partial charge is 0.457 e. The van der Waals surface area contributed by atoms with Gasteiger partial charge in [0.2, 0.25) is 15.8 Å². The van der Waals surface area contributed by atoms with Crippen molar-refractivity contribution in [1.82, 2.24) is 13.4 Å². The van der Waals surface area contributed by atoms with E-state index < -0.39 is 45.2 Å². The van der Waals surface area contributed by atoms with Gasteiger partial charge in [-0.15, -0.1) is 0 Å². The number of carbonyl (C=O) groups excluding carboxylic acids is 2. The van der Waals surface area contributed by atoms with E-state index >= 15 is 0 Å². The molecule has 34 heavy (non-hydrogen) atoms. The third-order valence-corrected chi connectivity index (χ3v) is 7.41. The zero-order valence-electron chi connectivity index (χ0n) is 18.9. The summed E-state index contributed by atoms with van der Waals surface area (Å²) in [7, 11) is -1.08. The number of aryl methyl sites for hydroxylation is 1. The topological polar surface area (TPSA) is 160 Å². The van der Waals surface area contributed by atoms with Crippen molar-refractivity contribution in [3.8, 4) is 0 Å². The third-order valence-electron chi connectivity index (χ3n) is 5.50. The third kappa shape index (κ3) is 5.26. The fourth-order valence-electron chi connectivity index (χ4n) is 3.42. The van der Waals surface area contributed by atoms with E-state index in [0.717, 1.165) is 9.13 Å². The van der Waals surface area contributed by atoms with Crippen molar-refractivity contribution >= 4 is 27.6 Å². The van der Waals surface area contributed by atoms with E-state index in [9.17, 15) is 27.6 Å². The van der Waals surface area contributed by atoms with Crippen molar-refractivity contribution in [3.63, 3.8) is 0 Å². The molecule has 2 N–H and O–H groups in total. The molecule has 0 spiro atoms. The van der Waals surface area contributed by atoms with Crippen molar-refractivity contribution in [3.05, 3.63) is 56.2 Å². The van der Waals surface area contributed by atoms with Gasteiger partial charge >= 0.3 is 11.7 Å². The SMILES string of the molecule is Cn1c(N)c(C(=O)COC(=O)CCc2ccc(S(=O)(=O)N3CCOCC3)cc2)c(=O)n(C)c1=O. The Morgan fingerprint density at radius 2 is 1.68 bits per heavy atom. The second kappa shape index (κ2) is 10.3. The lowest BCUT2D eigenvalue weighted by Crippen LogP contribution is -2.42. The molecule has 184 valence electrons. The van der Waals surface area contributed by atoms with Crippen LogP contribution in [0.15, 0.2) is 38.8 Å². The van der Waals surface area contributed by atoms with Crippen LogP contribution in [0.1, 0.15) is 22.3 Å². The Hall–Kier alpha value is -3.29. The number of anilines is 1. The van der Waals surface area contributed by atoms with Crippen molar-refractivity contribution < 1.29 is 27.5 Å². The van der Waals surface area contributed by atoms with Crippen molar-refractivity contribution in [2.45, 2.75) is 17.7 Å². The molecular weight excluding hydrogens is 468 g/mol.